The molecular weight excluding hydrogens is 296 g/mol. The zero-order chi connectivity index (χ0) is 15.7. The van der Waals surface area contributed by atoms with Crippen LogP contribution in [0.2, 0.25) is 5.02 Å². The van der Waals surface area contributed by atoms with Crippen LogP contribution in [0.1, 0.15) is 25.2 Å². The molecule has 0 fully saturated rings. The number of pyridine rings is 1. The fourth-order valence-corrected chi connectivity index (χ4v) is 2.68. The van der Waals surface area contributed by atoms with Crippen molar-refractivity contribution in [1.29, 1.82) is 0 Å². The molecular formula is C17H19ClN4. The van der Waals surface area contributed by atoms with Gasteiger partial charge in [-0.15, -0.1) is 0 Å². The van der Waals surface area contributed by atoms with Crippen molar-refractivity contribution < 1.29 is 0 Å². The Labute approximate surface area is 134 Å². The molecule has 0 bridgehead atoms. The Morgan fingerprint density at radius 1 is 1.23 bits per heavy atom. The summed E-state index contributed by atoms with van der Waals surface area (Å²) in [4.78, 5) is 9.18. The van der Waals surface area contributed by atoms with Gasteiger partial charge in [0.25, 0.3) is 0 Å². The Morgan fingerprint density at radius 2 is 1.95 bits per heavy atom. The molecule has 2 N–H and O–H groups in total. The van der Waals surface area contributed by atoms with Crippen LogP contribution >= 0.6 is 11.6 Å². The van der Waals surface area contributed by atoms with Gasteiger partial charge in [-0.25, -0.2) is 9.97 Å². The average molecular weight is 315 g/mol. The maximum absolute atomic E-state index is 6.04. The van der Waals surface area contributed by atoms with E-state index < -0.39 is 0 Å². The Bertz CT molecular complexity index is 790. The second-order valence-corrected chi connectivity index (χ2v) is 6.39. The number of fused-ring (bicyclic) bond motifs is 1. The van der Waals surface area contributed by atoms with Crippen LogP contribution in [0.15, 0.2) is 36.5 Å². The van der Waals surface area contributed by atoms with Crippen LogP contribution in [0.25, 0.3) is 11.2 Å². The number of nitrogens with zero attached hydrogens (tertiary/aromatic N) is 3. The van der Waals surface area contributed by atoms with E-state index in [9.17, 15) is 0 Å². The van der Waals surface area contributed by atoms with Crippen molar-refractivity contribution >= 4 is 28.5 Å². The smallest absolute Gasteiger partial charge is 0.160 e. The number of hydrogen-bond donors (Lipinski definition) is 1. The second kappa shape index (κ2) is 5.97. The fraction of sp³-hybridized carbons (Fsp3) is 0.294. The number of hydrogen-bond acceptors (Lipinski definition) is 3. The molecule has 2 heterocycles. The van der Waals surface area contributed by atoms with Crippen molar-refractivity contribution in [3.8, 4) is 0 Å². The quantitative estimate of drug-likeness (QED) is 0.743. The Kier molecular flexibility index (Phi) is 4.03. The van der Waals surface area contributed by atoms with Gasteiger partial charge < -0.3 is 10.3 Å². The predicted octanol–water partition coefficient (Wildman–Crippen LogP) is 3.91. The highest BCUT2D eigenvalue weighted by Crippen LogP contribution is 2.21. The van der Waals surface area contributed by atoms with Crippen LogP contribution in [0.3, 0.4) is 0 Å². The van der Waals surface area contributed by atoms with Gasteiger partial charge in [0.05, 0.1) is 11.6 Å². The van der Waals surface area contributed by atoms with Crippen molar-refractivity contribution in [2.75, 3.05) is 5.73 Å². The third-order valence-corrected chi connectivity index (χ3v) is 3.75. The van der Waals surface area contributed by atoms with E-state index in [0.29, 0.717) is 10.9 Å². The first-order chi connectivity index (χ1) is 10.5. The molecule has 0 unspecified atom stereocenters. The molecule has 2 aromatic heterocycles. The van der Waals surface area contributed by atoms with Crippen molar-refractivity contribution in [3.05, 3.63) is 52.9 Å². The van der Waals surface area contributed by atoms with Crippen LogP contribution in [0.4, 0.5) is 5.69 Å². The summed E-state index contributed by atoms with van der Waals surface area (Å²) in [5.74, 6) is 1.56. The van der Waals surface area contributed by atoms with E-state index in [4.69, 9.17) is 22.3 Å². The first kappa shape index (κ1) is 14.9. The number of halogens is 1. The summed E-state index contributed by atoms with van der Waals surface area (Å²) in [6.07, 6.45) is 2.58. The van der Waals surface area contributed by atoms with Gasteiger partial charge in [-0.05, 0) is 29.7 Å². The van der Waals surface area contributed by atoms with E-state index in [1.54, 1.807) is 6.20 Å². The maximum atomic E-state index is 6.04. The molecule has 0 aliphatic rings. The van der Waals surface area contributed by atoms with Crippen LogP contribution in [-0.4, -0.2) is 14.5 Å². The highest BCUT2D eigenvalue weighted by molar-refractivity contribution is 6.31. The van der Waals surface area contributed by atoms with Crippen molar-refractivity contribution in [1.82, 2.24) is 14.5 Å². The lowest BCUT2D eigenvalue weighted by molar-refractivity contribution is 0.594. The lowest BCUT2D eigenvalue weighted by Crippen LogP contribution is -2.08. The standard InChI is InChI=1S/C17H19ClN4/c1-11(2)7-16-21-15-8-13(18)9-20-17(15)22(16)10-12-3-5-14(19)6-4-12/h3-6,8-9,11H,7,10,19H2,1-2H3. The van der Waals surface area contributed by atoms with Gasteiger partial charge in [-0.3, -0.25) is 0 Å². The zero-order valence-corrected chi connectivity index (χ0v) is 13.5. The average Bonchev–Trinajstić information content (AvgIpc) is 2.77. The third kappa shape index (κ3) is 3.07. The molecule has 114 valence electrons. The van der Waals surface area contributed by atoms with Crippen molar-refractivity contribution in [3.63, 3.8) is 0 Å². The van der Waals surface area contributed by atoms with Gasteiger partial charge in [-0.2, -0.15) is 0 Å². The van der Waals surface area contributed by atoms with Gasteiger partial charge in [-0.1, -0.05) is 37.6 Å². The maximum Gasteiger partial charge on any atom is 0.160 e. The molecule has 3 rings (SSSR count). The summed E-state index contributed by atoms with van der Waals surface area (Å²) < 4.78 is 2.16. The molecule has 1 aromatic carbocycles. The first-order valence-electron chi connectivity index (χ1n) is 7.38. The molecule has 4 nitrogen and oxygen atoms in total. The largest absolute Gasteiger partial charge is 0.399 e. The predicted molar refractivity (Wildman–Crippen MR) is 91.0 cm³/mol. The van der Waals surface area contributed by atoms with Gasteiger partial charge >= 0.3 is 0 Å². The molecule has 0 atom stereocenters. The molecule has 3 aromatic rings. The van der Waals surface area contributed by atoms with Crippen molar-refractivity contribution in [2.24, 2.45) is 5.92 Å². The first-order valence-corrected chi connectivity index (χ1v) is 7.76. The topological polar surface area (TPSA) is 56.7 Å². The molecule has 0 amide bonds. The highest BCUT2D eigenvalue weighted by Gasteiger charge is 2.14. The SMILES string of the molecule is CC(C)Cc1nc2cc(Cl)cnc2n1Cc1ccc(N)cc1. The minimum Gasteiger partial charge on any atom is -0.399 e. The summed E-state index contributed by atoms with van der Waals surface area (Å²) in [5, 5.41) is 0.612. The third-order valence-electron chi connectivity index (χ3n) is 3.54. The molecule has 0 radical (unpaired) electrons. The van der Waals surface area contributed by atoms with Crippen LogP contribution < -0.4 is 5.73 Å². The molecule has 0 saturated carbocycles. The van der Waals surface area contributed by atoms with E-state index in [0.717, 1.165) is 35.6 Å². The Morgan fingerprint density at radius 3 is 2.64 bits per heavy atom. The molecule has 22 heavy (non-hydrogen) atoms. The lowest BCUT2D eigenvalue weighted by Gasteiger charge is -2.10. The van der Waals surface area contributed by atoms with Gasteiger partial charge in [0.15, 0.2) is 5.65 Å². The summed E-state index contributed by atoms with van der Waals surface area (Å²) in [6, 6.07) is 9.78. The molecule has 5 heteroatoms. The van der Waals surface area contributed by atoms with Gasteiger partial charge in [0.1, 0.15) is 11.3 Å². The second-order valence-electron chi connectivity index (χ2n) is 5.95. The Hall–Kier alpha value is -2.07. The number of nitrogens with two attached hydrogens (primary N) is 1. The summed E-state index contributed by atoms with van der Waals surface area (Å²) >= 11 is 6.04. The number of nitrogen functional groups attached to an aromatic ring is 1. The summed E-state index contributed by atoms with van der Waals surface area (Å²) in [6.45, 7) is 5.11. The van der Waals surface area contributed by atoms with Gasteiger partial charge in [0.2, 0.25) is 0 Å². The lowest BCUT2D eigenvalue weighted by atomic mass is 10.1. The number of imidazole rings is 1. The minimum atomic E-state index is 0.525. The monoisotopic (exact) mass is 314 g/mol. The zero-order valence-electron chi connectivity index (χ0n) is 12.8. The Balaban J connectivity index is 2.06. The number of anilines is 1. The van der Waals surface area contributed by atoms with Crippen LogP contribution in [0, 0.1) is 5.92 Å². The summed E-state index contributed by atoms with van der Waals surface area (Å²) in [7, 11) is 0. The van der Waals surface area contributed by atoms with Gasteiger partial charge in [0, 0.05) is 18.3 Å². The number of rotatable bonds is 4. The van der Waals surface area contributed by atoms with Crippen molar-refractivity contribution in [2.45, 2.75) is 26.8 Å². The number of aromatic nitrogens is 3. The van der Waals surface area contributed by atoms with Crippen LogP contribution in [-0.2, 0) is 13.0 Å². The van der Waals surface area contributed by atoms with E-state index in [1.165, 1.54) is 5.56 Å². The number of benzene rings is 1. The molecule has 0 aliphatic carbocycles. The van der Waals surface area contributed by atoms with E-state index in [-0.39, 0.29) is 0 Å². The van der Waals surface area contributed by atoms with E-state index in [2.05, 4.69) is 23.4 Å². The van der Waals surface area contributed by atoms with Crippen LogP contribution in [0.5, 0.6) is 0 Å². The molecule has 0 saturated heterocycles. The minimum absolute atomic E-state index is 0.525. The molecule has 0 aliphatic heterocycles. The van der Waals surface area contributed by atoms with E-state index >= 15 is 0 Å². The highest BCUT2D eigenvalue weighted by atomic mass is 35.5. The normalized spacial score (nSPS) is 11.5. The van der Waals surface area contributed by atoms with E-state index in [1.807, 2.05) is 30.3 Å². The summed E-state index contributed by atoms with van der Waals surface area (Å²) in [5.41, 5.74) is 9.42. The fourth-order valence-electron chi connectivity index (χ4n) is 2.53. The molecule has 0 spiro atoms.